The molecule has 4 aromatic rings. The summed E-state index contributed by atoms with van der Waals surface area (Å²) in [5, 5.41) is 28.2. The minimum atomic E-state index is -4.03. The molecule has 1 aliphatic heterocycles. The number of halogens is 1. The number of nitrogens with two attached hydrogens (primary N) is 1. The van der Waals surface area contributed by atoms with Crippen LogP contribution in [0.1, 0.15) is 35.7 Å². The van der Waals surface area contributed by atoms with E-state index in [1.807, 2.05) is 48.5 Å². The first-order chi connectivity index (χ1) is 21.2. The number of benzene rings is 2. The first-order valence-corrected chi connectivity index (χ1v) is 15.6. The SMILES string of the molecule is C[C@@]1(F)[C@H](O)[C@@H](COP(=O)(NCCC2=CCc3ccccc32)OCc2ccccc2)O[C@@]1(C#N)c1cnc2c(N)ncnn12. The van der Waals surface area contributed by atoms with Gasteiger partial charge in [0.05, 0.1) is 19.4 Å². The third-order valence-corrected chi connectivity index (χ3v) is 9.63. The summed E-state index contributed by atoms with van der Waals surface area (Å²) in [7, 11) is -4.03. The lowest BCUT2D eigenvalue weighted by molar-refractivity contribution is -0.0708. The zero-order chi connectivity index (χ0) is 31.0. The topological polar surface area (TPSA) is 170 Å². The van der Waals surface area contributed by atoms with Crippen molar-refractivity contribution in [1.29, 1.82) is 5.26 Å². The number of nitrogen functional groups attached to an aromatic ring is 1. The Bertz CT molecular complexity index is 1790. The number of nitriles is 1. The Kier molecular flexibility index (Phi) is 8.06. The van der Waals surface area contributed by atoms with Gasteiger partial charge in [-0.1, -0.05) is 60.7 Å². The van der Waals surface area contributed by atoms with E-state index < -0.39 is 37.8 Å². The molecule has 1 aliphatic carbocycles. The van der Waals surface area contributed by atoms with Crippen molar-refractivity contribution in [2.75, 3.05) is 18.9 Å². The van der Waals surface area contributed by atoms with E-state index >= 15 is 4.39 Å². The molecule has 0 radical (unpaired) electrons. The largest absolute Gasteiger partial charge is 0.405 e. The molecule has 5 atom stereocenters. The van der Waals surface area contributed by atoms with Crippen LogP contribution in [0, 0.1) is 11.3 Å². The highest BCUT2D eigenvalue weighted by atomic mass is 31.2. The fourth-order valence-electron chi connectivity index (χ4n) is 5.62. The highest BCUT2D eigenvalue weighted by molar-refractivity contribution is 7.51. The predicted molar refractivity (Wildman–Crippen MR) is 158 cm³/mol. The van der Waals surface area contributed by atoms with Gasteiger partial charge < -0.3 is 15.6 Å². The molecule has 3 heterocycles. The van der Waals surface area contributed by atoms with Crippen LogP contribution in [0.3, 0.4) is 0 Å². The van der Waals surface area contributed by atoms with Crippen molar-refractivity contribution < 1.29 is 27.8 Å². The maximum absolute atomic E-state index is 16.4. The van der Waals surface area contributed by atoms with Crippen molar-refractivity contribution in [3.05, 3.63) is 95.6 Å². The average Bonchev–Trinajstić information content (AvgIpc) is 3.71. The van der Waals surface area contributed by atoms with Crippen LogP contribution >= 0.6 is 7.75 Å². The first-order valence-electron chi connectivity index (χ1n) is 14.0. The van der Waals surface area contributed by atoms with Crippen LogP contribution in [0.25, 0.3) is 11.2 Å². The average molecular weight is 620 g/mol. The van der Waals surface area contributed by atoms with Crippen molar-refractivity contribution in [2.45, 2.75) is 49.9 Å². The second-order valence-corrected chi connectivity index (χ2v) is 12.6. The summed E-state index contributed by atoms with van der Waals surface area (Å²) >= 11 is 0. The van der Waals surface area contributed by atoms with E-state index in [2.05, 4.69) is 38.4 Å². The van der Waals surface area contributed by atoms with Crippen molar-refractivity contribution in [3.63, 3.8) is 0 Å². The predicted octanol–water partition coefficient (Wildman–Crippen LogP) is 3.87. The van der Waals surface area contributed by atoms with Crippen LogP contribution in [-0.4, -0.2) is 55.7 Å². The molecule has 6 rings (SSSR count). The molecule has 4 N–H and O–H groups in total. The van der Waals surface area contributed by atoms with Gasteiger partial charge in [-0.25, -0.2) is 28.5 Å². The summed E-state index contributed by atoms with van der Waals surface area (Å²) in [6, 6.07) is 19.1. The molecule has 14 heteroatoms. The minimum Gasteiger partial charge on any atom is -0.387 e. The second-order valence-electron chi connectivity index (χ2n) is 10.8. The van der Waals surface area contributed by atoms with Gasteiger partial charge in [0.2, 0.25) is 5.60 Å². The number of ether oxygens (including phenoxy) is 1. The molecule has 0 bridgehead atoms. The molecule has 1 unspecified atom stereocenters. The van der Waals surface area contributed by atoms with E-state index in [0.29, 0.717) is 6.42 Å². The van der Waals surface area contributed by atoms with Gasteiger partial charge in [0.25, 0.3) is 0 Å². The van der Waals surface area contributed by atoms with Crippen LogP contribution in [0.15, 0.2) is 73.2 Å². The summed E-state index contributed by atoms with van der Waals surface area (Å²) in [4.78, 5) is 7.97. The molecule has 1 saturated heterocycles. The smallest absolute Gasteiger partial charge is 0.387 e. The van der Waals surface area contributed by atoms with Gasteiger partial charge in [-0.3, -0.25) is 9.05 Å². The number of aliphatic hydroxyl groups excluding tert-OH is 1. The number of aromatic nitrogens is 4. The quantitative estimate of drug-likeness (QED) is 0.208. The summed E-state index contributed by atoms with van der Waals surface area (Å²) in [6.45, 7) is 0.715. The number of hydrogen-bond acceptors (Lipinski definition) is 10. The van der Waals surface area contributed by atoms with E-state index in [1.165, 1.54) is 11.8 Å². The van der Waals surface area contributed by atoms with E-state index in [4.69, 9.17) is 19.5 Å². The highest BCUT2D eigenvalue weighted by Crippen LogP contribution is 2.51. The molecule has 0 saturated carbocycles. The second kappa shape index (κ2) is 11.8. The van der Waals surface area contributed by atoms with Gasteiger partial charge in [-0.15, -0.1) is 0 Å². The Morgan fingerprint density at radius 3 is 2.80 bits per heavy atom. The van der Waals surface area contributed by atoms with Gasteiger partial charge in [0.1, 0.15) is 30.3 Å². The lowest BCUT2D eigenvalue weighted by Crippen LogP contribution is -2.48. The molecular weight excluding hydrogens is 588 g/mol. The van der Waals surface area contributed by atoms with Crippen LogP contribution in [-0.2, 0) is 37.0 Å². The Balaban J connectivity index is 1.20. The molecule has 0 spiro atoms. The third kappa shape index (κ3) is 5.30. The number of nitrogens with zero attached hydrogens (tertiary/aromatic N) is 5. The van der Waals surface area contributed by atoms with Crippen LogP contribution < -0.4 is 10.8 Å². The molecule has 2 aromatic carbocycles. The Hall–Kier alpha value is -4.02. The molecule has 12 nitrogen and oxygen atoms in total. The molecule has 44 heavy (non-hydrogen) atoms. The zero-order valence-electron chi connectivity index (χ0n) is 23.8. The van der Waals surface area contributed by atoms with Gasteiger partial charge in [0, 0.05) is 6.54 Å². The first kappa shape index (κ1) is 30.0. The van der Waals surface area contributed by atoms with E-state index in [0.717, 1.165) is 40.9 Å². The molecule has 228 valence electrons. The zero-order valence-corrected chi connectivity index (χ0v) is 24.7. The van der Waals surface area contributed by atoms with Gasteiger partial charge >= 0.3 is 7.75 Å². The van der Waals surface area contributed by atoms with Crippen molar-refractivity contribution in [3.8, 4) is 6.07 Å². The fourth-order valence-corrected chi connectivity index (χ4v) is 6.93. The van der Waals surface area contributed by atoms with Gasteiger partial charge in [-0.05, 0) is 42.0 Å². The summed E-state index contributed by atoms with van der Waals surface area (Å²) in [6.07, 6.45) is 2.59. The number of rotatable bonds is 11. The van der Waals surface area contributed by atoms with Crippen molar-refractivity contribution >= 4 is 24.8 Å². The normalized spacial score (nSPS) is 25.8. The van der Waals surface area contributed by atoms with Crippen molar-refractivity contribution in [1.82, 2.24) is 24.7 Å². The maximum Gasteiger partial charge on any atom is 0.405 e. The molecular formula is C30H31FN7O5P. The van der Waals surface area contributed by atoms with Crippen LogP contribution in [0.5, 0.6) is 0 Å². The van der Waals surface area contributed by atoms with E-state index in [9.17, 15) is 14.9 Å². The lowest BCUT2D eigenvalue weighted by atomic mass is 9.82. The van der Waals surface area contributed by atoms with Crippen molar-refractivity contribution in [2.24, 2.45) is 0 Å². The minimum absolute atomic E-state index is 0.0118. The number of hydrogen-bond donors (Lipinski definition) is 3. The number of allylic oxidation sites excluding steroid dienone is 1. The number of anilines is 1. The Morgan fingerprint density at radius 1 is 1.23 bits per heavy atom. The summed E-state index contributed by atoms with van der Waals surface area (Å²) in [5.41, 5.74) is 5.10. The monoisotopic (exact) mass is 619 g/mol. The molecule has 0 amide bonds. The third-order valence-electron chi connectivity index (χ3n) is 8.06. The standard InChI is InChI=1S/C30H31FN7O5P/c1-29(31)26(39)24(43-30(29,18-32)25-15-34-28-27(33)35-19-36-38(25)28)17-42-44(40,41-16-20-7-3-2-4-8-20)37-14-13-22-12-11-21-9-5-6-10-23(21)22/h2-10,12,15,19,24,26,39H,11,13-14,16-17H2,1H3,(H,37,40)(H2,33,35,36)/t24-,26-,29-,30+,44?/m1/s1. The number of aliphatic hydroxyl groups is 1. The highest BCUT2D eigenvalue weighted by Gasteiger charge is 2.67. The van der Waals surface area contributed by atoms with Crippen LogP contribution in [0.4, 0.5) is 10.2 Å². The number of fused-ring (bicyclic) bond motifs is 2. The lowest BCUT2D eigenvalue weighted by Gasteiger charge is -2.30. The summed E-state index contributed by atoms with van der Waals surface area (Å²) in [5.74, 6) is 0.0118. The van der Waals surface area contributed by atoms with Gasteiger partial charge in [0.15, 0.2) is 17.1 Å². The Morgan fingerprint density at radius 2 is 2.00 bits per heavy atom. The maximum atomic E-state index is 16.4. The number of imidazole rings is 1. The van der Waals surface area contributed by atoms with E-state index in [-0.39, 0.29) is 30.3 Å². The number of nitrogens with one attached hydrogen (secondary N) is 1. The molecule has 2 aromatic heterocycles. The van der Waals surface area contributed by atoms with Crippen LogP contribution in [0.2, 0.25) is 0 Å². The molecule has 1 fully saturated rings. The Labute approximate surface area is 252 Å². The fraction of sp³-hybridized carbons (Fsp3) is 0.333. The number of alkyl halides is 1. The molecule has 2 aliphatic rings. The van der Waals surface area contributed by atoms with Gasteiger partial charge in [-0.2, -0.15) is 10.4 Å². The summed E-state index contributed by atoms with van der Waals surface area (Å²) < 4.78 is 49.0. The van der Waals surface area contributed by atoms with E-state index in [1.54, 1.807) is 0 Å².